The highest BCUT2D eigenvalue weighted by Gasteiger charge is 2.30. The lowest BCUT2D eigenvalue weighted by Gasteiger charge is -2.27. The van der Waals surface area contributed by atoms with Gasteiger partial charge < -0.3 is 9.64 Å². The van der Waals surface area contributed by atoms with Crippen LogP contribution in [0.4, 0.5) is 0 Å². The summed E-state index contributed by atoms with van der Waals surface area (Å²) in [7, 11) is 0. The zero-order valence-electron chi connectivity index (χ0n) is 13.0. The lowest BCUT2D eigenvalue weighted by Crippen LogP contribution is -2.38. The average Bonchev–Trinajstić information content (AvgIpc) is 3.05. The molecule has 2 aliphatic heterocycles. The van der Waals surface area contributed by atoms with Crippen molar-refractivity contribution in [2.75, 3.05) is 24.6 Å². The Morgan fingerprint density at radius 3 is 2.75 bits per heavy atom. The van der Waals surface area contributed by atoms with Gasteiger partial charge >= 0.3 is 0 Å². The number of hydrogen-bond acceptors (Lipinski definition) is 5. The van der Waals surface area contributed by atoms with Crippen LogP contribution in [-0.4, -0.2) is 50.4 Å². The maximum absolute atomic E-state index is 12.7. The largest absolute Gasteiger partial charge is 0.365 e. The van der Waals surface area contributed by atoms with Gasteiger partial charge in [0.05, 0.1) is 18.8 Å². The Morgan fingerprint density at radius 1 is 1.25 bits per heavy atom. The lowest BCUT2D eigenvalue weighted by molar-refractivity contribution is -0.00194. The number of hydrogen-bond donors (Lipinski definition) is 0. The van der Waals surface area contributed by atoms with Crippen LogP contribution in [-0.2, 0) is 17.9 Å². The summed E-state index contributed by atoms with van der Waals surface area (Å²) in [4.78, 5) is 14.5. The van der Waals surface area contributed by atoms with Crippen LogP contribution < -0.4 is 0 Å². The van der Waals surface area contributed by atoms with E-state index in [1.807, 2.05) is 45.6 Å². The first-order valence-electron chi connectivity index (χ1n) is 7.89. The Labute approximate surface area is 152 Å². The van der Waals surface area contributed by atoms with Crippen molar-refractivity contribution < 1.29 is 9.53 Å². The molecule has 126 valence electrons. The van der Waals surface area contributed by atoms with Gasteiger partial charge in [0.2, 0.25) is 0 Å². The van der Waals surface area contributed by atoms with Gasteiger partial charge in [0, 0.05) is 29.1 Å². The van der Waals surface area contributed by atoms with E-state index in [0.29, 0.717) is 18.8 Å². The maximum atomic E-state index is 12.7. The van der Waals surface area contributed by atoms with Crippen LogP contribution in [0.15, 0.2) is 28.7 Å². The highest BCUT2D eigenvalue weighted by atomic mass is 79.9. The molecular formula is C16H17BrN4O2S. The van der Waals surface area contributed by atoms with Crippen LogP contribution in [0.1, 0.15) is 27.8 Å². The Morgan fingerprint density at radius 2 is 2.00 bits per heavy atom. The number of ether oxygens (including phenoxy) is 1. The molecule has 0 bridgehead atoms. The summed E-state index contributed by atoms with van der Waals surface area (Å²) in [5.74, 6) is 1.94. The minimum Gasteiger partial charge on any atom is -0.365 e. The molecule has 24 heavy (non-hydrogen) atoms. The lowest BCUT2D eigenvalue weighted by atomic mass is 10.1. The molecule has 2 aromatic rings. The minimum atomic E-state index is -0.0679. The Kier molecular flexibility index (Phi) is 4.60. The fraction of sp³-hybridized carbons (Fsp3) is 0.438. The molecule has 4 rings (SSSR count). The van der Waals surface area contributed by atoms with Crippen molar-refractivity contribution in [3.05, 3.63) is 45.7 Å². The van der Waals surface area contributed by atoms with Gasteiger partial charge in [-0.15, -0.1) is 5.10 Å². The molecule has 0 radical (unpaired) electrons. The number of carbonyl (C=O) groups is 1. The molecule has 8 heteroatoms. The number of thioether (sulfide) groups is 1. The zero-order chi connectivity index (χ0) is 16.5. The smallest absolute Gasteiger partial charge is 0.276 e. The van der Waals surface area contributed by atoms with Crippen molar-refractivity contribution in [1.82, 2.24) is 19.9 Å². The van der Waals surface area contributed by atoms with Crippen molar-refractivity contribution in [1.29, 1.82) is 0 Å². The van der Waals surface area contributed by atoms with Crippen LogP contribution in [0.3, 0.4) is 0 Å². The second kappa shape index (κ2) is 6.85. The molecule has 1 atom stereocenters. The average molecular weight is 409 g/mol. The monoisotopic (exact) mass is 408 g/mol. The van der Waals surface area contributed by atoms with Crippen LogP contribution >= 0.6 is 27.7 Å². The number of aromatic nitrogens is 3. The molecule has 6 nitrogen and oxygen atoms in total. The molecule has 1 aromatic heterocycles. The van der Waals surface area contributed by atoms with Crippen LogP contribution in [0, 0.1) is 0 Å². The number of halogens is 1. The van der Waals surface area contributed by atoms with Gasteiger partial charge in [-0.25, -0.2) is 4.68 Å². The fourth-order valence-corrected chi connectivity index (χ4v) is 4.14. The molecule has 0 spiro atoms. The molecule has 0 N–H and O–H groups in total. The molecule has 3 heterocycles. The molecule has 1 fully saturated rings. The van der Waals surface area contributed by atoms with Crippen molar-refractivity contribution in [3.8, 4) is 0 Å². The number of amides is 1. The second-order valence-electron chi connectivity index (χ2n) is 5.82. The van der Waals surface area contributed by atoms with Gasteiger partial charge in [-0.2, -0.15) is 11.8 Å². The molecule has 0 saturated carbocycles. The molecule has 1 amide bonds. The van der Waals surface area contributed by atoms with Crippen LogP contribution in [0.2, 0.25) is 0 Å². The predicted octanol–water partition coefficient (Wildman–Crippen LogP) is 2.50. The summed E-state index contributed by atoms with van der Waals surface area (Å²) in [5.41, 5.74) is 2.32. The normalized spacial score (nSPS) is 20.7. The first kappa shape index (κ1) is 16.1. The summed E-state index contributed by atoms with van der Waals surface area (Å²) < 4.78 is 8.82. The molecule has 1 saturated heterocycles. The van der Waals surface area contributed by atoms with E-state index >= 15 is 0 Å². The summed E-state index contributed by atoms with van der Waals surface area (Å²) >= 11 is 5.32. The summed E-state index contributed by atoms with van der Waals surface area (Å²) in [6.07, 6.45) is -0.0679. The minimum absolute atomic E-state index is 0.0257. The van der Waals surface area contributed by atoms with Gasteiger partial charge in [0.1, 0.15) is 6.10 Å². The Hall–Kier alpha value is -1.38. The van der Waals surface area contributed by atoms with Gasteiger partial charge in [0.25, 0.3) is 5.91 Å². The van der Waals surface area contributed by atoms with Crippen molar-refractivity contribution in [2.45, 2.75) is 19.3 Å². The van der Waals surface area contributed by atoms with Gasteiger partial charge in [-0.1, -0.05) is 33.3 Å². The second-order valence-corrected chi connectivity index (χ2v) is 7.96. The number of nitrogens with zero attached hydrogens (tertiary/aromatic N) is 4. The molecule has 1 unspecified atom stereocenters. The summed E-state index contributed by atoms with van der Waals surface area (Å²) in [6.45, 7) is 2.49. The first-order chi connectivity index (χ1) is 11.7. The number of carbonyl (C=O) groups excluding carboxylic acids is 1. The SMILES string of the molecule is O=C(c1nnn2c1COC(c1ccc(Br)cc1)C2)N1CCSCC1. The van der Waals surface area contributed by atoms with E-state index in [1.54, 1.807) is 0 Å². The van der Waals surface area contributed by atoms with E-state index in [-0.39, 0.29) is 12.0 Å². The third-order valence-electron chi connectivity index (χ3n) is 4.34. The standard InChI is InChI=1S/C16H17BrN4O2S/c17-12-3-1-11(2-4-12)14-9-21-13(10-23-14)15(18-19-21)16(22)20-5-7-24-8-6-20/h1-4,14H,5-10H2. The van der Waals surface area contributed by atoms with E-state index < -0.39 is 0 Å². The fourth-order valence-electron chi connectivity index (χ4n) is 2.97. The van der Waals surface area contributed by atoms with Gasteiger partial charge in [-0.05, 0) is 17.7 Å². The third kappa shape index (κ3) is 3.10. The van der Waals surface area contributed by atoms with Gasteiger partial charge in [-0.3, -0.25) is 4.79 Å². The van der Waals surface area contributed by atoms with Crippen LogP contribution in [0.25, 0.3) is 0 Å². The Bertz CT molecular complexity index is 743. The van der Waals surface area contributed by atoms with Crippen molar-refractivity contribution >= 4 is 33.6 Å². The van der Waals surface area contributed by atoms with Crippen molar-refractivity contribution in [3.63, 3.8) is 0 Å². The van der Waals surface area contributed by atoms with E-state index in [2.05, 4.69) is 26.2 Å². The van der Waals surface area contributed by atoms with Crippen molar-refractivity contribution in [2.24, 2.45) is 0 Å². The summed E-state index contributed by atoms with van der Waals surface area (Å²) in [6, 6.07) is 8.07. The quantitative estimate of drug-likeness (QED) is 0.763. The highest BCUT2D eigenvalue weighted by molar-refractivity contribution is 9.10. The first-order valence-corrected chi connectivity index (χ1v) is 9.83. The molecule has 2 aliphatic rings. The predicted molar refractivity (Wildman–Crippen MR) is 94.9 cm³/mol. The van der Waals surface area contributed by atoms with E-state index in [1.165, 1.54) is 0 Å². The van der Waals surface area contributed by atoms with Gasteiger partial charge in [0.15, 0.2) is 5.69 Å². The molecule has 0 aliphatic carbocycles. The topological polar surface area (TPSA) is 60.3 Å². The number of fused-ring (bicyclic) bond motifs is 1. The molecule has 1 aromatic carbocycles. The highest BCUT2D eigenvalue weighted by Crippen LogP contribution is 2.28. The third-order valence-corrected chi connectivity index (χ3v) is 5.81. The zero-order valence-corrected chi connectivity index (χ0v) is 15.4. The van der Waals surface area contributed by atoms with Crippen LogP contribution in [0.5, 0.6) is 0 Å². The Balaban J connectivity index is 1.53. The number of rotatable bonds is 2. The maximum Gasteiger partial charge on any atom is 0.276 e. The number of benzene rings is 1. The van der Waals surface area contributed by atoms with E-state index in [0.717, 1.165) is 40.3 Å². The van der Waals surface area contributed by atoms with E-state index in [9.17, 15) is 4.79 Å². The van der Waals surface area contributed by atoms with E-state index in [4.69, 9.17) is 4.74 Å². The molecular weight excluding hydrogens is 392 g/mol. The summed E-state index contributed by atoms with van der Waals surface area (Å²) in [5, 5.41) is 8.33.